The zero-order valence-electron chi connectivity index (χ0n) is 14.2. The zero-order chi connectivity index (χ0) is 17.0. The number of hydrogen-bond acceptors (Lipinski definition) is 1. The van der Waals surface area contributed by atoms with Gasteiger partial charge in [0.05, 0.1) is 6.04 Å². The lowest BCUT2D eigenvalue weighted by Crippen LogP contribution is -2.29. The number of allylic oxidation sites excluding steroid dienone is 2. The Morgan fingerprint density at radius 1 is 1.00 bits per heavy atom. The Morgan fingerprint density at radius 3 is 2.76 bits per heavy atom. The highest BCUT2D eigenvalue weighted by atomic mass is 127. The Bertz CT molecular complexity index is 999. The highest BCUT2D eigenvalue weighted by Gasteiger charge is 2.38. The average Bonchev–Trinajstić information content (AvgIpc) is 3.11. The van der Waals surface area contributed by atoms with Crippen molar-refractivity contribution in [3.63, 3.8) is 0 Å². The van der Waals surface area contributed by atoms with Crippen molar-refractivity contribution >= 4 is 39.1 Å². The van der Waals surface area contributed by atoms with Crippen molar-refractivity contribution in [2.24, 2.45) is 5.92 Å². The van der Waals surface area contributed by atoms with E-state index in [1.807, 2.05) is 0 Å². The SMILES string of the molecule is Cc1cc(I)cc2c1N[C@H](c1cccc3ccccc13)[C@@H]1CC=C[C@H]21. The minimum Gasteiger partial charge on any atom is -0.377 e. The van der Waals surface area contributed by atoms with E-state index in [0.29, 0.717) is 17.9 Å². The van der Waals surface area contributed by atoms with Crippen molar-refractivity contribution in [1.82, 2.24) is 0 Å². The lowest BCUT2D eigenvalue weighted by atomic mass is 9.75. The molecule has 2 aliphatic rings. The molecule has 3 atom stereocenters. The highest BCUT2D eigenvalue weighted by Crippen LogP contribution is 2.51. The van der Waals surface area contributed by atoms with Gasteiger partial charge in [-0.25, -0.2) is 0 Å². The van der Waals surface area contributed by atoms with E-state index in [4.69, 9.17) is 0 Å². The maximum Gasteiger partial charge on any atom is 0.0560 e. The predicted molar refractivity (Wildman–Crippen MR) is 114 cm³/mol. The third kappa shape index (κ3) is 2.42. The van der Waals surface area contributed by atoms with E-state index in [0.717, 1.165) is 6.42 Å². The third-order valence-electron chi connectivity index (χ3n) is 5.79. The standard InChI is InChI=1S/C23H20IN/c1-14-12-16(24)13-21-18-9-5-11-20(18)23(25-22(14)21)19-10-4-7-15-6-2-3-8-17(15)19/h2-10,12-13,18,20,23,25H,11H2,1H3/t18-,20+,23+/m0/s1. The van der Waals surface area contributed by atoms with Crippen LogP contribution in [0.25, 0.3) is 10.8 Å². The van der Waals surface area contributed by atoms with E-state index < -0.39 is 0 Å². The molecule has 1 N–H and O–H groups in total. The summed E-state index contributed by atoms with van der Waals surface area (Å²) in [6.07, 6.45) is 5.95. The van der Waals surface area contributed by atoms with E-state index >= 15 is 0 Å². The van der Waals surface area contributed by atoms with Crippen molar-refractivity contribution in [2.75, 3.05) is 5.32 Å². The molecule has 0 aromatic heterocycles. The number of nitrogens with one attached hydrogen (secondary N) is 1. The van der Waals surface area contributed by atoms with Gasteiger partial charge in [-0.3, -0.25) is 0 Å². The van der Waals surface area contributed by atoms with Crippen molar-refractivity contribution in [3.8, 4) is 0 Å². The topological polar surface area (TPSA) is 12.0 Å². The van der Waals surface area contributed by atoms with Crippen molar-refractivity contribution in [3.05, 3.63) is 87.0 Å². The zero-order valence-corrected chi connectivity index (χ0v) is 16.3. The van der Waals surface area contributed by atoms with Crippen LogP contribution >= 0.6 is 22.6 Å². The Morgan fingerprint density at radius 2 is 1.84 bits per heavy atom. The molecule has 3 aromatic rings. The van der Waals surface area contributed by atoms with E-state index in [2.05, 4.69) is 102 Å². The normalized spacial score (nSPS) is 24.0. The smallest absolute Gasteiger partial charge is 0.0560 e. The molecule has 0 amide bonds. The summed E-state index contributed by atoms with van der Waals surface area (Å²) in [5.41, 5.74) is 5.59. The van der Waals surface area contributed by atoms with E-state index in [-0.39, 0.29) is 0 Å². The number of halogens is 1. The van der Waals surface area contributed by atoms with Gasteiger partial charge in [0.25, 0.3) is 0 Å². The van der Waals surface area contributed by atoms with E-state index in [1.165, 1.54) is 36.7 Å². The summed E-state index contributed by atoms with van der Waals surface area (Å²) in [7, 11) is 0. The average molecular weight is 437 g/mol. The Balaban J connectivity index is 1.70. The van der Waals surface area contributed by atoms with Gasteiger partial charge in [0.15, 0.2) is 0 Å². The van der Waals surface area contributed by atoms with Gasteiger partial charge < -0.3 is 5.32 Å². The number of hydrogen-bond donors (Lipinski definition) is 1. The molecule has 0 bridgehead atoms. The van der Waals surface area contributed by atoms with E-state index in [9.17, 15) is 0 Å². The summed E-state index contributed by atoms with van der Waals surface area (Å²) in [6.45, 7) is 2.23. The molecule has 0 fully saturated rings. The fourth-order valence-electron chi connectivity index (χ4n) is 4.67. The predicted octanol–water partition coefficient (Wildman–Crippen LogP) is 6.58. The first-order chi connectivity index (χ1) is 12.2. The molecule has 1 aliphatic carbocycles. The van der Waals surface area contributed by atoms with Gasteiger partial charge in [0.1, 0.15) is 0 Å². The van der Waals surface area contributed by atoms with E-state index in [1.54, 1.807) is 0 Å². The van der Waals surface area contributed by atoms with Crippen LogP contribution in [0.1, 0.15) is 35.1 Å². The van der Waals surface area contributed by atoms with Crippen molar-refractivity contribution in [1.29, 1.82) is 0 Å². The fraction of sp³-hybridized carbons (Fsp3) is 0.217. The molecular formula is C23H20IN. The van der Waals surface area contributed by atoms with Crippen LogP contribution in [0.2, 0.25) is 0 Å². The van der Waals surface area contributed by atoms with Gasteiger partial charge in [-0.05, 0) is 81.4 Å². The third-order valence-corrected chi connectivity index (χ3v) is 6.41. The van der Waals surface area contributed by atoms with Gasteiger partial charge in [0.2, 0.25) is 0 Å². The van der Waals surface area contributed by atoms with Crippen LogP contribution in [0.4, 0.5) is 5.69 Å². The summed E-state index contributed by atoms with van der Waals surface area (Å²) in [4.78, 5) is 0. The van der Waals surface area contributed by atoms with Gasteiger partial charge in [0, 0.05) is 15.2 Å². The Hall–Kier alpha value is -1.81. The molecule has 0 unspecified atom stereocenters. The first-order valence-electron chi connectivity index (χ1n) is 8.93. The summed E-state index contributed by atoms with van der Waals surface area (Å²) in [6, 6.07) is 20.5. The number of rotatable bonds is 1. The van der Waals surface area contributed by atoms with Crippen LogP contribution in [0.5, 0.6) is 0 Å². The first-order valence-corrected chi connectivity index (χ1v) is 10.0. The van der Waals surface area contributed by atoms with Crippen LogP contribution in [0.15, 0.2) is 66.7 Å². The second kappa shape index (κ2) is 5.87. The number of anilines is 1. The quantitative estimate of drug-likeness (QED) is 0.335. The van der Waals surface area contributed by atoms with Gasteiger partial charge in [-0.2, -0.15) is 0 Å². The molecule has 1 nitrogen and oxygen atoms in total. The van der Waals surface area contributed by atoms with Crippen molar-refractivity contribution < 1.29 is 0 Å². The molecule has 3 aromatic carbocycles. The molecule has 5 rings (SSSR count). The molecule has 1 aliphatic heterocycles. The highest BCUT2D eigenvalue weighted by molar-refractivity contribution is 14.1. The van der Waals surface area contributed by atoms with Crippen LogP contribution in [0, 0.1) is 16.4 Å². The van der Waals surface area contributed by atoms with Gasteiger partial charge in [-0.15, -0.1) is 0 Å². The van der Waals surface area contributed by atoms with Crippen LogP contribution < -0.4 is 5.32 Å². The van der Waals surface area contributed by atoms with Crippen LogP contribution in [0.3, 0.4) is 0 Å². The van der Waals surface area contributed by atoms with Gasteiger partial charge >= 0.3 is 0 Å². The van der Waals surface area contributed by atoms with Gasteiger partial charge in [-0.1, -0.05) is 54.6 Å². The minimum atomic E-state index is 0.359. The molecule has 0 spiro atoms. The molecule has 2 heteroatoms. The molecular weight excluding hydrogens is 417 g/mol. The first kappa shape index (κ1) is 15.4. The van der Waals surface area contributed by atoms with Crippen molar-refractivity contribution in [2.45, 2.75) is 25.3 Å². The molecule has 25 heavy (non-hydrogen) atoms. The summed E-state index contributed by atoms with van der Waals surface area (Å²) in [5, 5.41) is 6.63. The summed E-state index contributed by atoms with van der Waals surface area (Å²) < 4.78 is 1.33. The fourth-order valence-corrected chi connectivity index (χ4v) is 5.47. The largest absolute Gasteiger partial charge is 0.377 e. The Labute approximate surface area is 162 Å². The van der Waals surface area contributed by atoms with Crippen LogP contribution in [-0.2, 0) is 0 Å². The molecule has 1 heterocycles. The summed E-state index contributed by atoms with van der Waals surface area (Å²) >= 11 is 2.44. The minimum absolute atomic E-state index is 0.359. The lowest BCUT2D eigenvalue weighted by molar-refractivity contribution is 0.427. The second-order valence-electron chi connectivity index (χ2n) is 7.23. The second-order valence-corrected chi connectivity index (χ2v) is 8.48. The number of benzene rings is 3. The monoisotopic (exact) mass is 437 g/mol. The maximum atomic E-state index is 3.93. The number of aryl methyl sites for hydroxylation is 1. The lowest BCUT2D eigenvalue weighted by Gasteiger charge is -2.39. The summed E-state index contributed by atoms with van der Waals surface area (Å²) in [5.74, 6) is 1.12. The number of fused-ring (bicyclic) bond motifs is 4. The Kier molecular flexibility index (Phi) is 3.63. The molecule has 0 radical (unpaired) electrons. The maximum absolute atomic E-state index is 3.93. The molecule has 0 saturated heterocycles. The van der Waals surface area contributed by atoms with Crippen LogP contribution in [-0.4, -0.2) is 0 Å². The molecule has 124 valence electrons. The molecule has 0 saturated carbocycles.